The highest BCUT2D eigenvalue weighted by molar-refractivity contribution is 5.71. The largest absolute Gasteiger partial charge is 0.507 e. The molecule has 0 saturated carbocycles. The smallest absolute Gasteiger partial charge is 0.416 e. The van der Waals surface area contributed by atoms with Crippen LogP contribution in [0, 0.1) is 12.8 Å². The second-order valence-electron chi connectivity index (χ2n) is 7.85. The number of phenolic OH excluding ortho intramolecular Hbond substituents is 1. The number of hydrogen-bond acceptors (Lipinski definition) is 5. The number of likely N-dealkylation sites (tertiary alicyclic amines) is 1. The minimum Gasteiger partial charge on any atom is -0.507 e. The highest BCUT2D eigenvalue weighted by Gasteiger charge is 2.38. The molecule has 0 unspecified atom stereocenters. The molecule has 2 fully saturated rings. The van der Waals surface area contributed by atoms with Gasteiger partial charge in [0, 0.05) is 31.2 Å². The molecule has 0 bridgehead atoms. The van der Waals surface area contributed by atoms with Crippen LogP contribution in [-0.2, 0) is 6.18 Å². The summed E-state index contributed by atoms with van der Waals surface area (Å²) < 4.78 is 38.8. The number of fused-ring (bicyclic) bond motifs is 1. The number of anilines is 1. The summed E-state index contributed by atoms with van der Waals surface area (Å²) >= 11 is 0. The van der Waals surface area contributed by atoms with Gasteiger partial charge in [-0.15, -0.1) is 10.2 Å². The topological polar surface area (TPSA) is 52.5 Å². The maximum absolute atomic E-state index is 12.9. The monoisotopic (exact) mass is 392 g/mol. The highest BCUT2D eigenvalue weighted by atomic mass is 19.4. The Labute approximate surface area is 161 Å². The van der Waals surface area contributed by atoms with Crippen molar-refractivity contribution in [2.45, 2.75) is 32.0 Å². The van der Waals surface area contributed by atoms with Gasteiger partial charge >= 0.3 is 6.18 Å². The molecule has 5 nitrogen and oxygen atoms in total. The third kappa shape index (κ3) is 3.41. The predicted octanol–water partition coefficient (Wildman–Crippen LogP) is 3.71. The summed E-state index contributed by atoms with van der Waals surface area (Å²) in [5, 5.41) is 18.7. The number of piperidine rings is 1. The zero-order valence-electron chi connectivity index (χ0n) is 15.9. The maximum atomic E-state index is 12.9. The lowest BCUT2D eigenvalue weighted by Gasteiger charge is -2.37. The number of halogens is 3. The molecule has 0 aliphatic carbocycles. The molecule has 0 radical (unpaired) electrons. The van der Waals surface area contributed by atoms with Gasteiger partial charge < -0.3 is 14.9 Å². The number of likely N-dealkylation sites (N-methyl/N-ethyl adjacent to an activating group) is 1. The van der Waals surface area contributed by atoms with Crippen LogP contribution in [0.5, 0.6) is 5.75 Å². The molecule has 1 aromatic heterocycles. The van der Waals surface area contributed by atoms with Crippen molar-refractivity contribution in [1.82, 2.24) is 15.1 Å². The lowest BCUT2D eigenvalue weighted by molar-refractivity contribution is -0.137. The van der Waals surface area contributed by atoms with Crippen LogP contribution < -0.4 is 4.90 Å². The fourth-order valence-corrected chi connectivity index (χ4v) is 4.55. The summed E-state index contributed by atoms with van der Waals surface area (Å²) in [5.74, 6) is 0.962. The fourth-order valence-electron chi connectivity index (χ4n) is 4.55. The van der Waals surface area contributed by atoms with Crippen LogP contribution >= 0.6 is 0 Å². The van der Waals surface area contributed by atoms with Gasteiger partial charge in [-0.05, 0) is 62.6 Å². The number of phenols is 1. The molecule has 28 heavy (non-hydrogen) atoms. The molecule has 8 heteroatoms. The van der Waals surface area contributed by atoms with E-state index in [1.165, 1.54) is 13.3 Å². The van der Waals surface area contributed by atoms with Crippen LogP contribution in [0.15, 0.2) is 24.3 Å². The van der Waals surface area contributed by atoms with Crippen LogP contribution in [0.2, 0.25) is 0 Å². The van der Waals surface area contributed by atoms with E-state index in [0.717, 1.165) is 44.0 Å². The average Bonchev–Trinajstić information content (AvgIpc) is 3.01. The number of rotatable bonds is 2. The van der Waals surface area contributed by atoms with E-state index in [1.54, 1.807) is 6.07 Å². The Kier molecular flexibility index (Phi) is 4.69. The van der Waals surface area contributed by atoms with E-state index in [-0.39, 0.29) is 5.56 Å². The molecule has 4 rings (SSSR count). The summed E-state index contributed by atoms with van der Waals surface area (Å²) in [4.78, 5) is 4.62. The third-order valence-electron chi connectivity index (χ3n) is 5.81. The molecule has 2 aliphatic rings. The van der Waals surface area contributed by atoms with Gasteiger partial charge in [-0.2, -0.15) is 13.2 Å². The quantitative estimate of drug-likeness (QED) is 0.845. The third-order valence-corrected chi connectivity index (χ3v) is 5.81. The van der Waals surface area contributed by atoms with Crippen LogP contribution in [0.1, 0.15) is 24.0 Å². The molecule has 0 spiro atoms. The van der Waals surface area contributed by atoms with Crippen molar-refractivity contribution in [3.8, 4) is 17.0 Å². The van der Waals surface area contributed by atoms with Gasteiger partial charge in [0.2, 0.25) is 0 Å². The van der Waals surface area contributed by atoms with E-state index in [2.05, 4.69) is 27.0 Å². The van der Waals surface area contributed by atoms with E-state index in [0.29, 0.717) is 23.2 Å². The van der Waals surface area contributed by atoms with E-state index >= 15 is 0 Å². The molecule has 2 aromatic rings. The summed E-state index contributed by atoms with van der Waals surface area (Å²) in [6.07, 6.45) is -2.18. The summed E-state index contributed by atoms with van der Waals surface area (Å²) in [7, 11) is 2.13. The van der Waals surface area contributed by atoms with Gasteiger partial charge in [0.15, 0.2) is 5.82 Å². The van der Waals surface area contributed by atoms with Gasteiger partial charge in [0.1, 0.15) is 5.75 Å². The number of aromatic hydroxyl groups is 1. The van der Waals surface area contributed by atoms with Crippen molar-refractivity contribution in [2.75, 3.05) is 31.6 Å². The van der Waals surface area contributed by atoms with Crippen molar-refractivity contribution in [3.05, 3.63) is 35.4 Å². The maximum Gasteiger partial charge on any atom is 0.416 e. The first-order valence-electron chi connectivity index (χ1n) is 9.44. The molecule has 0 amide bonds. The van der Waals surface area contributed by atoms with Crippen molar-refractivity contribution < 1.29 is 18.3 Å². The van der Waals surface area contributed by atoms with Crippen molar-refractivity contribution in [2.24, 2.45) is 5.92 Å². The molecular formula is C20H23F3N4O. The number of nitrogens with zero attached hydrogens (tertiary/aromatic N) is 4. The van der Waals surface area contributed by atoms with E-state index in [9.17, 15) is 18.3 Å². The molecule has 1 aromatic carbocycles. The molecule has 2 atom stereocenters. The Morgan fingerprint density at radius 3 is 2.57 bits per heavy atom. The van der Waals surface area contributed by atoms with Gasteiger partial charge in [0.25, 0.3) is 0 Å². The SMILES string of the molecule is Cc1cc(C(F)(F)F)cc(O)c1-c1ccc(N2CCC[C@@H]3CN(C)C[C@@H]32)nn1. The number of hydrogen-bond donors (Lipinski definition) is 1. The van der Waals surface area contributed by atoms with E-state index in [4.69, 9.17) is 0 Å². The lowest BCUT2D eigenvalue weighted by Crippen LogP contribution is -2.45. The summed E-state index contributed by atoms with van der Waals surface area (Å²) in [6, 6.07) is 5.75. The fraction of sp³-hybridized carbons (Fsp3) is 0.500. The summed E-state index contributed by atoms with van der Waals surface area (Å²) in [5.41, 5.74) is 0.0825. The zero-order chi connectivity index (χ0) is 20.1. The lowest BCUT2D eigenvalue weighted by atomic mass is 9.92. The highest BCUT2D eigenvalue weighted by Crippen LogP contribution is 2.39. The van der Waals surface area contributed by atoms with E-state index in [1.807, 2.05) is 6.07 Å². The second-order valence-corrected chi connectivity index (χ2v) is 7.85. The average molecular weight is 392 g/mol. The minimum atomic E-state index is -4.50. The number of alkyl halides is 3. The van der Waals surface area contributed by atoms with Crippen LogP contribution in [0.3, 0.4) is 0 Å². The molecule has 2 saturated heterocycles. The predicted molar refractivity (Wildman–Crippen MR) is 100 cm³/mol. The number of aromatic nitrogens is 2. The van der Waals surface area contributed by atoms with Crippen LogP contribution in [0.25, 0.3) is 11.3 Å². The van der Waals surface area contributed by atoms with Crippen LogP contribution in [-0.4, -0.2) is 52.9 Å². The first kappa shape index (κ1) is 19.0. The first-order chi connectivity index (χ1) is 13.2. The van der Waals surface area contributed by atoms with Crippen molar-refractivity contribution in [3.63, 3.8) is 0 Å². The Bertz CT molecular complexity index is 846. The van der Waals surface area contributed by atoms with Gasteiger partial charge in [-0.25, -0.2) is 0 Å². The second kappa shape index (κ2) is 6.92. The van der Waals surface area contributed by atoms with Crippen molar-refractivity contribution in [1.29, 1.82) is 0 Å². The zero-order valence-corrected chi connectivity index (χ0v) is 15.9. The Morgan fingerprint density at radius 2 is 1.93 bits per heavy atom. The minimum absolute atomic E-state index is 0.282. The Hall–Kier alpha value is -2.35. The van der Waals surface area contributed by atoms with Gasteiger partial charge in [0.05, 0.1) is 11.3 Å². The molecule has 1 N–H and O–H groups in total. The van der Waals surface area contributed by atoms with Crippen molar-refractivity contribution >= 4 is 5.82 Å². The van der Waals surface area contributed by atoms with Crippen LogP contribution in [0.4, 0.5) is 19.0 Å². The number of aryl methyl sites for hydroxylation is 1. The van der Waals surface area contributed by atoms with E-state index < -0.39 is 17.5 Å². The van der Waals surface area contributed by atoms with Gasteiger partial charge in [-0.1, -0.05) is 0 Å². The van der Waals surface area contributed by atoms with Gasteiger partial charge in [-0.3, -0.25) is 0 Å². The number of benzene rings is 1. The molecule has 2 aliphatic heterocycles. The standard InChI is InChI=1S/C20H23F3N4O/c1-12-8-14(20(21,22)23)9-17(28)19(12)15-5-6-18(25-24-15)27-7-3-4-13-10-26(2)11-16(13)27/h5-6,8-9,13,16,28H,3-4,7,10-11H2,1-2H3/t13-,16+/m1/s1. The molecular weight excluding hydrogens is 369 g/mol. The normalized spacial score (nSPS) is 23.1. The molecule has 150 valence electrons. The summed E-state index contributed by atoms with van der Waals surface area (Å²) in [6.45, 7) is 4.54. The Morgan fingerprint density at radius 1 is 1.14 bits per heavy atom. The Balaban J connectivity index is 1.62. The first-order valence-corrected chi connectivity index (χ1v) is 9.44. The molecule has 3 heterocycles.